The molecule has 5 heteroatoms. The molecule has 0 radical (unpaired) electrons. The van der Waals surface area contributed by atoms with Gasteiger partial charge in [-0.05, 0) is 6.42 Å². The minimum atomic E-state index is -1.37. The summed E-state index contributed by atoms with van der Waals surface area (Å²) >= 11 is 0. The maximum atomic E-state index is 9.24. The van der Waals surface area contributed by atoms with Gasteiger partial charge in [-0.2, -0.15) is 0 Å². The van der Waals surface area contributed by atoms with Crippen molar-refractivity contribution in [2.75, 3.05) is 6.61 Å². The van der Waals surface area contributed by atoms with E-state index in [9.17, 15) is 5.11 Å². The summed E-state index contributed by atoms with van der Waals surface area (Å²) in [6, 6.07) is 0. The second kappa shape index (κ2) is 3.68. The highest BCUT2D eigenvalue weighted by atomic mass is 16.4. The molecule has 1 aliphatic rings. The van der Waals surface area contributed by atoms with Crippen molar-refractivity contribution in [3.63, 3.8) is 0 Å². The Kier molecular flexibility index (Phi) is 3.03. The Hall–Kier alpha value is -0.200. The first-order valence-corrected chi connectivity index (χ1v) is 3.91. The number of hydrogen-bond donors (Lipinski definition) is 5. The van der Waals surface area contributed by atoms with Crippen molar-refractivity contribution in [2.24, 2.45) is 5.92 Å². The van der Waals surface area contributed by atoms with Crippen molar-refractivity contribution in [2.45, 2.75) is 30.8 Å². The van der Waals surface area contributed by atoms with E-state index in [0.717, 1.165) is 0 Å². The molecule has 0 heterocycles. The number of aliphatic hydroxyl groups is 5. The van der Waals surface area contributed by atoms with Crippen molar-refractivity contribution in [1.82, 2.24) is 0 Å². The maximum absolute atomic E-state index is 9.24. The van der Waals surface area contributed by atoms with Crippen LogP contribution in [0.4, 0.5) is 0 Å². The van der Waals surface area contributed by atoms with Crippen LogP contribution in [-0.2, 0) is 0 Å². The van der Waals surface area contributed by atoms with Crippen molar-refractivity contribution >= 4 is 0 Å². The quantitative estimate of drug-likeness (QED) is 0.304. The molecule has 0 amide bonds. The molecule has 0 aliphatic heterocycles. The summed E-state index contributed by atoms with van der Waals surface area (Å²) in [5.41, 5.74) is 0. The molecule has 72 valence electrons. The number of rotatable bonds is 1. The fourth-order valence-electron chi connectivity index (χ4n) is 1.48. The molecule has 0 bridgehead atoms. The summed E-state index contributed by atoms with van der Waals surface area (Å²) in [6.45, 7) is -0.304. The Labute approximate surface area is 69.9 Å². The first-order chi connectivity index (χ1) is 5.57. The average Bonchev–Trinajstić information content (AvgIpc) is 2.08. The molecule has 0 aromatic rings. The van der Waals surface area contributed by atoms with Crippen LogP contribution >= 0.6 is 0 Å². The smallest absolute Gasteiger partial charge is 0.109 e. The third-order valence-electron chi connectivity index (χ3n) is 2.36. The van der Waals surface area contributed by atoms with Gasteiger partial charge in [0.2, 0.25) is 0 Å². The third kappa shape index (κ3) is 1.60. The van der Waals surface area contributed by atoms with E-state index in [1.54, 1.807) is 0 Å². The first-order valence-electron chi connectivity index (χ1n) is 3.91. The van der Waals surface area contributed by atoms with Crippen LogP contribution in [0.25, 0.3) is 0 Å². The first kappa shape index (κ1) is 9.88. The van der Waals surface area contributed by atoms with E-state index in [1.165, 1.54) is 0 Å². The van der Waals surface area contributed by atoms with Gasteiger partial charge in [0.1, 0.15) is 12.2 Å². The van der Waals surface area contributed by atoms with Crippen molar-refractivity contribution < 1.29 is 25.5 Å². The summed E-state index contributed by atoms with van der Waals surface area (Å²) in [4.78, 5) is 0. The highest BCUT2D eigenvalue weighted by Crippen LogP contribution is 2.25. The zero-order valence-electron chi connectivity index (χ0n) is 6.54. The van der Waals surface area contributed by atoms with Gasteiger partial charge < -0.3 is 25.5 Å². The van der Waals surface area contributed by atoms with Crippen LogP contribution in [0.15, 0.2) is 0 Å². The van der Waals surface area contributed by atoms with Gasteiger partial charge in [0, 0.05) is 12.5 Å². The molecule has 1 aliphatic carbocycles. The summed E-state index contributed by atoms with van der Waals surface area (Å²) in [7, 11) is 0. The fraction of sp³-hybridized carbons (Fsp3) is 1.00. The highest BCUT2D eigenvalue weighted by Gasteiger charge is 2.41. The van der Waals surface area contributed by atoms with Crippen LogP contribution in [0.1, 0.15) is 6.42 Å². The predicted molar refractivity (Wildman–Crippen MR) is 39.2 cm³/mol. The van der Waals surface area contributed by atoms with Crippen LogP contribution in [0.3, 0.4) is 0 Å². The van der Waals surface area contributed by atoms with E-state index in [2.05, 4.69) is 0 Å². The summed E-state index contributed by atoms with van der Waals surface area (Å²) in [6.07, 6.45) is -4.81. The SMILES string of the molecule is OC[C@H]1C[C@@H](O)[C@H](O)[C@H](O)[C@@H]1O. The van der Waals surface area contributed by atoms with E-state index in [1.807, 2.05) is 0 Å². The van der Waals surface area contributed by atoms with Crippen LogP contribution in [0.5, 0.6) is 0 Å². The van der Waals surface area contributed by atoms with Crippen LogP contribution < -0.4 is 0 Å². The van der Waals surface area contributed by atoms with Gasteiger partial charge in [0.15, 0.2) is 0 Å². The molecule has 1 rings (SSSR count). The molecule has 0 unspecified atom stereocenters. The monoisotopic (exact) mass is 178 g/mol. The molecule has 5 N–H and O–H groups in total. The van der Waals surface area contributed by atoms with Crippen molar-refractivity contribution in [1.29, 1.82) is 0 Å². The lowest BCUT2D eigenvalue weighted by atomic mass is 9.81. The predicted octanol–water partition coefficient (Wildman–Crippen LogP) is -2.56. The summed E-state index contributed by atoms with van der Waals surface area (Å²) in [5.74, 6) is -0.557. The minimum absolute atomic E-state index is 0.107. The average molecular weight is 178 g/mol. The molecule has 0 spiro atoms. The van der Waals surface area contributed by atoms with E-state index < -0.39 is 30.3 Å². The van der Waals surface area contributed by atoms with Gasteiger partial charge in [-0.1, -0.05) is 0 Å². The second-order valence-electron chi connectivity index (χ2n) is 3.22. The lowest BCUT2D eigenvalue weighted by molar-refractivity contribution is -0.163. The molecule has 0 aromatic heterocycles. The molecule has 0 aromatic carbocycles. The van der Waals surface area contributed by atoms with Gasteiger partial charge >= 0.3 is 0 Å². The molecule has 0 saturated heterocycles. The topological polar surface area (TPSA) is 101 Å². The van der Waals surface area contributed by atoms with E-state index in [4.69, 9.17) is 20.4 Å². The van der Waals surface area contributed by atoms with E-state index in [-0.39, 0.29) is 13.0 Å². The lowest BCUT2D eigenvalue weighted by Crippen LogP contribution is -2.54. The summed E-state index contributed by atoms with van der Waals surface area (Å²) in [5, 5.41) is 45.3. The van der Waals surface area contributed by atoms with Gasteiger partial charge in [-0.3, -0.25) is 0 Å². The molecule has 1 saturated carbocycles. The molecule has 5 atom stereocenters. The van der Waals surface area contributed by atoms with Gasteiger partial charge in [0.05, 0.1) is 12.2 Å². The largest absolute Gasteiger partial charge is 0.396 e. The Bertz CT molecular complexity index is 146. The molecular formula is C7H14O5. The molecular weight excluding hydrogens is 164 g/mol. The van der Waals surface area contributed by atoms with Crippen molar-refractivity contribution in [3.8, 4) is 0 Å². The Balaban J connectivity index is 2.63. The second-order valence-corrected chi connectivity index (χ2v) is 3.22. The highest BCUT2D eigenvalue weighted by molar-refractivity contribution is 4.91. The molecule has 12 heavy (non-hydrogen) atoms. The molecule has 1 fully saturated rings. The maximum Gasteiger partial charge on any atom is 0.109 e. The Morgan fingerprint density at radius 1 is 0.917 bits per heavy atom. The zero-order valence-corrected chi connectivity index (χ0v) is 6.54. The number of hydrogen-bond acceptors (Lipinski definition) is 5. The standard InChI is InChI=1S/C7H14O5/c8-2-3-1-4(9)6(11)7(12)5(3)10/h3-12H,1-2H2/t3-,4-,5-,6+,7-/m1/s1. The third-order valence-corrected chi connectivity index (χ3v) is 2.36. The fourth-order valence-corrected chi connectivity index (χ4v) is 1.48. The molecule has 5 nitrogen and oxygen atoms in total. The van der Waals surface area contributed by atoms with Crippen molar-refractivity contribution in [3.05, 3.63) is 0 Å². The van der Waals surface area contributed by atoms with Gasteiger partial charge in [-0.25, -0.2) is 0 Å². The zero-order chi connectivity index (χ0) is 9.30. The summed E-state index contributed by atoms with van der Waals surface area (Å²) < 4.78 is 0. The van der Waals surface area contributed by atoms with E-state index in [0.29, 0.717) is 0 Å². The number of aliphatic hydroxyl groups excluding tert-OH is 5. The van der Waals surface area contributed by atoms with Crippen LogP contribution in [0.2, 0.25) is 0 Å². The van der Waals surface area contributed by atoms with Gasteiger partial charge in [-0.15, -0.1) is 0 Å². The van der Waals surface area contributed by atoms with Crippen LogP contribution in [-0.4, -0.2) is 56.6 Å². The van der Waals surface area contributed by atoms with Gasteiger partial charge in [0.25, 0.3) is 0 Å². The lowest BCUT2D eigenvalue weighted by Gasteiger charge is -2.37. The van der Waals surface area contributed by atoms with E-state index >= 15 is 0 Å². The Morgan fingerprint density at radius 3 is 2.00 bits per heavy atom. The minimum Gasteiger partial charge on any atom is -0.396 e. The normalized spacial score (nSPS) is 49.2. The Morgan fingerprint density at radius 2 is 1.50 bits per heavy atom. The van der Waals surface area contributed by atoms with Crippen LogP contribution in [0, 0.1) is 5.92 Å².